The van der Waals surface area contributed by atoms with Crippen molar-refractivity contribution in [1.82, 2.24) is 4.98 Å². The van der Waals surface area contributed by atoms with Crippen molar-refractivity contribution in [3.05, 3.63) is 83.2 Å². The fourth-order valence-electron chi connectivity index (χ4n) is 3.44. The van der Waals surface area contributed by atoms with Crippen molar-refractivity contribution in [3.8, 4) is 38.7 Å². The second-order valence-electron chi connectivity index (χ2n) is 8.33. The number of hydrogen-bond acceptors (Lipinski definition) is 3. The van der Waals surface area contributed by atoms with Crippen molar-refractivity contribution in [2.75, 3.05) is 0 Å². The van der Waals surface area contributed by atoms with Crippen molar-refractivity contribution < 1.29 is 5.11 Å². The van der Waals surface area contributed by atoms with E-state index in [0.29, 0.717) is 0 Å². The van der Waals surface area contributed by atoms with Gasteiger partial charge < -0.3 is 5.11 Å². The van der Waals surface area contributed by atoms with E-state index in [0.717, 1.165) is 37.8 Å². The zero-order valence-corrected chi connectivity index (χ0v) is 18.0. The first-order valence-electron chi connectivity index (χ1n) is 9.81. The molecule has 2 nitrogen and oxygen atoms in total. The van der Waals surface area contributed by atoms with Crippen molar-refractivity contribution >= 4 is 11.3 Å². The van der Waals surface area contributed by atoms with E-state index in [4.69, 9.17) is 4.98 Å². The van der Waals surface area contributed by atoms with Crippen LogP contribution in [0, 0.1) is 6.92 Å². The first-order valence-corrected chi connectivity index (χ1v) is 10.6. The zero-order valence-electron chi connectivity index (χ0n) is 17.2. The average Bonchev–Trinajstić information content (AvgIpc) is 3.10. The van der Waals surface area contributed by atoms with E-state index in [1.165, 1.54) is 5.56 Å². The molecule has 1 aromatic heterocycles. The van der Waals surface area contributed by atoms with Crippen LogP contribution in [0.4, 0.5) is 0 Å². The van der Waals surface area contributed by atoms with Crippen LogP contribution < -0.4 is 0 Å². The lowest BCUT2D eigenvalue weighted by molar-refractivity contribution is 0.478. The van der Waals surface area contributed by atoms with Crippen LogP contribution in [0.1, 0.15) is 31.2 Å². The number of phenolic OH excluding ortho intramolecular Hbond substituents is 1. The monoisotopic (exact) mass is 399 g/mol. The van der Waals surface area contributed by atoms with Gasteiger partial charge in [-0.05, 0) is 35.6 Å². The van der Waals surface area contributed by atoms with Crippen LogP contribution in [0.3, 0.4) is 0 Å². The number of hydrogen-bond donors (Lipinski definition) is 1. The molecular formula is C26H25NOS. The van der Waals surface area contributed by atoms with Gasteiger partial charge in [0.1, 0.15) is 10.8 Å². The Kier molecular flexibility index (Phi) is 5.01. The lowest BCUT2D eigenvalue weighted by atomic mass is 9.83. The predicted octanol–water partition coefficient (Wildman–Crippen LogP) is 7.46. The van der Waals surface area contributed by atoms with E-state index in [2.05, 4.69) is 52.0 Å². The van der Waals surface area contributed by atoms with Gasteiger partial charge in [-0.15, -0.1) is 11.3 Å². The average molecular weight is 400 g/mol. The third-order valence-electron chi connectivity index (χ3n) is 5.13. The third kappa shape index (κ3) is 3.83. The fourth-order valence-corrected chi connectivity index (χ4v) is 4.40. The molecule has 4 aromatic rings. The molecule has 3 aromatic carbocycles. The Bertz CT molecular complexity index is 1140. The molecule has 0 saturated heterocycles. The van der Waals surface area contributed by atoms with E-state index in [9.17, 15) is 5.11 Å². The zero-order chi connectivity index (χ0) is 20.6. The summed E-state index contributed by atoms with van der Waals surface area (Å²) in [5.41, 5.74) is 5.87. The molecule has 3 heteroatoms. The molecule has 1 heterocycles. The summed E-state index contributed by atoms with van der Waals surface area (Å²) in [7, 11) is 0. The maximum absolute atomic E-state index is 11.2. The summed E-state index contributed by atoms with van der Waals surface area (Å²) >= 11 is 1.63. The minimum Gasteiger partial charge on any atom is -0.507 e. The molecule has 1 N–H and O–H groups in total. The highest BCUT2D eigenvalue weighted by molar-refractivity contribution is 7.15. The first-order chi connectivity index (χ1) is 13.8. The van der Waals surface area contributed by atoms with Crippen molar-refractivity contribution in [2.45, 2.75) is 33.1 Å². The molecule has 0 bridgehead atoms. The maximum Gasteiger partial charge on any atom is 0.133 e. The molecule has 0 saturated carbocycles. The minimum atomic E-state index is -0.0411. The van der Waals surface area contributed by atoms with Crippen LogP contribution in [0.25, 0.3) is 33.0 Å². The van der Waals surface area contributed by atoms with E-state index in [1.807, 2.05) is 48.5 Å². The minimum absolute atomic E-state index is 0.0411. The summed E-state index contributed by atoms with van der Waals surface area (Å²) in [6, 6.07) is 24.5. The molecule has 146 valence electrons. The SMILES string of the molecule is Cc1sc(-c2cc(C(C)(C)C)cc(-c3ccccc3)c2O)nc1-c1ccccc1. The topological polar surface area (TPSA) is 33.1 Å². The fraction of sp³-hybridized carbons (Fsp3) is 0.192. The van der Waals surface area contributed by atoms with Crippen molar-refractivity contribution in [1.29, 1.82) is 0 Å². The van der Waals surface area contributed by atoms with E-state index < -0.39 is 0 Å². The van der Waals surface area contributed by atoms with Gasteiger partial charge in [-0.2, -0.15) is 0 Å². The largest absolute Gasteiger partial charge is 0.507 e. The number of benzene rings is 3. The normalized spacial score (nSPS) is 11.6. The number of aromatic hydroxyl groups is 1. The van der Waals surface area contributed by atoms with Gasteiger partial charge in [-0.25, -0.2) is 4.98 Å². The van der Waals surface area contributed by atoms with E-state index in [1.54, 1.807) is 11.3 Å². The smallest absolute Gasteiger partial charge is 0.133 e. The first kappa shape index (κ1) is 19.4. The van der Waals surface area contributed by atoms with Gasteiger partial charge in [-0.1, -0.05) is 81.4 Å². The van der Waals surface area contributed by atoms with Crippen LogP contribution in [0.5, 0.6) is 5.75 Å². The quantitative estimate of drug-likeness (QED) is 0.388. The molecule has 0 aliphatic carbocycles. The molecule has 29 heavy (non-hydrogen) atoms. The third-order valence-corrected chi connectivity index (χ3v) is 6.14. The highest BCUT2D eigenvalue weighted by Crippen LogP contribution is 2.44. The summed E-state index contributed by atoms with van der Waals surface area (Å²) in [4.78, 5) is 6.07. The summed E-state index contributed by atoms with van der Waals surface area (Å²) in [6.07, 6.45) is 0. The molecular weight excluding hydrogens is 374 g/mol. The molecule has 0 aliphatic heterocycles. The highest BCUT2D eigenvalue weighted by atomic mass is 32.1. The molecule has 0 amide bonds. The number of nitrogens with zero attached hydrogens (tertiary/aromatic N) is 1. The van der Waals surface area contributed by atoms with Gasteiger partial charge in [0.25, 0.3) is 0 Å². The summed E-state index contributed by atoms with van der Waals surface area (Å²) in [6.45, 7) is 8.67. The molecule has 0 spiro atoms. The van der Waals surface area contributed by atoms with Gasteiger partial charge in [0.2, 0.25) is 0 Å². The number of thiazole rings is 1. The Balaban J connectivity index is 1.92. The summed E-state index contributed by atoms with van der Waals surface area (Å²) in [5, 5.41) is 12.1. The van der Waals surface area contributed by atoms with Gasteiger partial charge in [-0.3, -0.25) is 0 Å². The Labute approximate surface area is 176 Å². The second kappa shape index (κ2) is 7.49. The van der Waals surface area contributed by atoms with Gasteiger partial charge >= 0.3 is 0 Å². The highest BCUT2D eigenvalue weighted by Gasteiger charge is 2.22. The standard InChI is InChI=1S/C26H25NOS/c1-17-23(19-13-9-6-10-14-19)27-25(29-17)22-16-20(26(2,3)4)15-21(24(22)28)18-11-7-5-8-12-18/h5-16,28H,1-4H3. The number of aromatic nitrogens is 1. The molecule has 4 rings (SSSR count). The molecule has 0 unspecified atom stereocenters. The van der Waals surface area contributed by atoms with Crippen molar-refractivity contribution in [3.63, 3.8) is 0 Å². The van der Waals surface area contributed by atoms with Crippen LogP contribution in [0.15, 0.2) is 72.8 Å². The molecule has 0 aliphatic rings. The second-order valence-corrected chi connectivity index (χ2v) is 9.53. The lowest BCUT2D eigenvalue weighted by Crippen LogP contribution is -2.11. The van der Waals surface area contributed by atoms with E-state index in [-0.39, 0.29) is 11.2 Å². The van der Waals surface area contributed by atoms with Crippen LogP contribution in [-0.4, -0.2) is 10.1 Å². The van der Waals surface area contributed by atoms with Crippen LogP contribution in [0.2, 0.25) is 0 Å². The number of rotatable bonds is 3. The lowest BCUT2D eigenvalue weighted by Gasteiger charge is -2.22. The molecule has 0 fully saturated rings. The number of phenols is 1. The van der Waals surface area contributed by atoms with E-state index >= 15 is 0 Å². The Morgan fingerprint density at radius 2 is 1.34 bits per heavy atom. The Morgan fingerprint density at radius 1 is 0.793 bits per heavy atom. The summed E-state index contributed by atoms with van der Waals surface area (Å²) in [5.74, 6) is 0.289. The molecule has 0 atom stereocenters. The van der Waals surface area contributed by atoms with Crippen LogP contribution >= 0.6 is 11.3 Å². The summed E-state index contributed by atoms with van der Waals surface area (Å²) < 4.78 is 0. The van der Waals surface area contributed by atoms with Gasteiger partial charge in [0.15, 0.2) is 0 Å². The maximum atomic E-state index is 11.2. The van der Waals surface area contributed by atoms with Crippen molar-refractivity contribution in [2.24, 2.45) is 0 Å². The number of aryl methyl sites for hydroxylation is 1. The van der Waals surface area contributed by atoms with Gasteiger partial charge in [0, 0.05) is 16.0 Å². The van der Waals surface area contributed by atoms with Gasteiger partial charge in [0.05, 0.1) is 11.3 Å². The molecule has 0 radical (unpaired) electrons. The Morgan fingerprint density at radius 3 is 1.93 bits per heavy atom. The Hall–Kier alpha value is -2.91. The van der Waals surface area contributed by atoms with Crippen LogP contribution in [-0.2, 0) is 5.41 Å². The predicted molar refractivity (Wildman–Crippen MR) is 124 cm³/mol.